The highest BCUT2D eigenvalue weighted by Crippen LogP contribution is 2.23. The quantitative estimate of drug-likeness (QED) is 0.619. The Hall–Kier alpha value is -2.71. The molecule has 29 heavy (non-hydrogen) atoms. The number of carbonyl (C=O) groups excluding carboxylic acids is 1. The van der Waals surface area contributed by atoms with Gasteiger partial charge in [-0.05, 0) is 36.4 Å². The van der Waals surface area contributed by atoms with E-state index in [1.54, 1.807) is 11.3 Å². The van der Waals surface area contributed by atoms with Crippen LogP contribution < -0.4 is 4.74 Å². The lowest BCUT2D eigenvalue weighted by Gasteiger charge is -2.33. The summed E-state index contributed by atoms with van der Waals surface area (Å²) in [5, 5.41) is 6.04. The number of benzene rings is 1. The molecule has 0 spiro atoms. The molecule has 2 aromatic heterocycles. The van der Waals surface area contributed by atoms with Crippen molar-refractivity contribution >= 4 is 17.2 Å². The van der Waals surface area contributed by atoms with E-state index in [0.717, 1.165) is 34.8 Å². The van der Waals surface area contributed by atoms with Gasteiger partial charge in [0.15, 0.2) is 6.61 Å². The third-order valence-electron chi connectivity index (χ3n) is 5.04. The van der Waals surface area contributed by atoms with Crippen LogP contribution in [0.15, 0.2) is 40.2 Å². The smallest absolute Gasteiger partial charge is 0.260 e. The second kappa shape index (κ2) is 8.75. The standard InChI is InChI=1S/C21H24N4O3S/c1-15-5-3-6-16(2)20(15)27-14-19(26)25-10-8-24(9-11-25)13-18-22-21(23-28-18)17-7-4-12-29-17/h3-7,12H,8-11,13-14H2,1-2H3. The monoisotopic (exact) mass is 412 g/mol. The molecule has 1 aromatic carbocycles. The van der Waals surface area contributed by atoms with Crippen molar-refractivity contribution in [1.29, 1.82) is 0 Å². The molecule has 1 saturated heterocycles. The highest BCUT2D eigenvalue weighted by Gasteiger charge is 2.23. The number of amides is 1. The number of aromatic nitrogens is 2. The number of ether oxygens (including phenoxy) is 1. The van der Waals surface area contributed by atoms with Gasteiger partial charge in [-0.1, -0.05) is 29.4 Å². The van der Waals surface area contributed by atoms with Crippen molar-refractivity contribution in [3.8, 4) is 16.5 Å². The Balaban J connectivity index is 1.25. The Morgan fingerprint density at radius 2 is 1.90 bits per heavy atom. The maximum atomic E-state index is 12.5. The van der Waals surface area contributed by atoms with E-state index in [0.29, 0.717) is 31.3 Å². The molecule has 1 aliphatic rings. The predicted molar refractivity (Wildman–Crippen MR) is 111 cm³/mol. The molecule has 0 atom stereocenters. The summed E-state index contributed by atoms with van der Waals surface area (Å²) in [5.74, 6) is 2.06. The Bertz CT molecular complexity index is 942. The molecule has 0 saturated carbocycles. The van der Waals surface area contributed by atoms with Gasteiger partial charge in [0, 0.05) is 26.2 Å². The van der Waals surface area contributed by atoms with Crippen LogP contribution in [-0.4, -0.2) is 58.6 Å². The van der Waals surface area contributed by atoms with Gasteiger partial charge in [-0.15, -0.1) is 11.3 Å². The number of rotatable bonds is 6. The van der Waals surface area contributed by atoms with E-state index in [-0.39, 0.29) is 12.5 Å². The van der Waals surface area contributed by atoms with Crippen molar-refractivity contribution < 1.29 is 14.1 Å². The first-order chi connectivity index (χ1) is 14.1. The van der Waals surface area contributed by atoms with E-state index in [9.17, 15) is 4.79 Å². The molecule has 0 unspecified atom stereocenters. The Morgan fingerprint density at radius 1 is 1.14 bits per heavy atom. The van der Waals surface area contributed by atoms with Crippen molar-refractivity contribution in [2.45, 2.75) is 20.4 Å². The summed E-state index contributed by atoms with van der Waals surface area (Å²) in [6.07, 6.45) is 0. The molecule has 0 radical (unpaired) electrons. The van der Waals surface area contributed by atoms with Crippen molar-refractivity contribution in [2.75, 3.05) is 32.8 Å². The minimum Gasteiger partial charge on any atom is -0.483 e. The molecule has 7 nitrogen and oxygen atoms in total. The van der Waals surface area contributed by atoms with Crippen LogP contribution in [0.2, 0.25) is 0 Å². The van der Waals surface area contributed by atoms with Crippen LogP contribution in [0.25, 0.3) is 10.7 Å². The van der Waals surface area contributed by atoms with Crippen LogP contribution in [0.3, 0.4) is 0 Å². The summed E-state index contributed by atoms with van der Waals surface area (Å²) in [5.41, 5.74) is 2.09. The molecule has 1 fully saturated rings. The highest BCUT2D eigenvalue weighted by molar-refractivity contribution is 7.13. The van der Waals surface area contributed by atoms with E-state index in [4.69, 9.17) is 9.26 Å². The average Bonchev–Trinajstić information content (AvgIpc) is 3.40. The topological polar surface area (TPSA) is 71.7 Å². The highest BCUT2D eigenvalue weighted by atomic mass is 32.1. The fourth-order valence-electron chi connectivity index (χ4n) is 3.42. The first kappa shape index (κ1) is 19.6. The van der Waals surface area contributed by atoms with Crippen LogP contribution in [-0.2, 0) is 11.3 Å². The minimum atomic E-state index is 0.0186. The van der Waals surface area contributed by atoms with Gasteiger partial charge < -0.3 is 14.2 Å². The third kappa shape index (κ3) is 4.65. The molecule has 0 bridgehead atoms. The van der Waals surface area contributed by atoms with Crippen molar-refractivity contribution in [2.24, 2.45) is 0 Å². The van der Waals surface area contributed by atoms with Gasteiger partial charge >= 0.3 is 0 Å². The van der Waals surface area contributed by atoms with E-state index in [1.165, 1.54) is 0 Å². The van der Waals surface area contributed by atoms with Gasteiger partial charge in [0.1, 0.15) is 5.75 Å². The van der Waals surface area contributed by atoms with Gasteiger partial charge in [-0.2, -0.15) is 4.98 Å². The summed E-state index contributed by atoms with van der Waals surface area (Å²) < 4.78 is 11.2. The second-order valence-electron chi connectivity index (χ2n) is 7.16. The predicted octanol–water partition coefficient (Wildman–Crippen LogP) is 3.14. The summed E-state index contributed by atoms with van der Waals surface area (Å²) in [6, 6.07) is 9.92. The summed E-state index contributed by atoms with van der Waals surface area (Å²) in [4.78, 5) is 22.1. The molecule has 4 rings (SSSR count). The number of thiophene rings is 1. The zero-order valence-electron chi connectivity index (χ0n) is 16.6. The Morgan fingerprint density at radius 3 is 2.59 bits per heavy atom. The second-order valence-corrected chi connectivity index (χ2v) is 8.10. The third-order valence-corrected chi connectivity index (χ3v) is 5.91. The molecule has 1 amide bonds. The lowest BCUT2D eigenvalue weighted by molar-refractivity contribution is -0.135. The van der Waals surface area contributed by atoms with Crippen LogP contribution in [0, 0.1) is 13.8 Å². The van der Waals surface area contributed by atoms with Crippen LogP contribution in [0.5, 0.6) is 5.75 Å². The first-order valence-electron chi connectivity index (χ1n) is 9.66. The van der Waals surface area contributed by atoms with E-state index in [1.807, 2.05) is 54.5 Å². The van der Waals surface area contributed by atoms with Crippen molar-refractivity contribution in [3.05, 3.63) is 52.7 Å². The maximum absolute atomic E-state index is 12.5. The van der Waals surface area contributed by atoms with E-state index >= 15 is 0 Å². The SMILES string of the molecule is Cc1cccc(C)c1OCC(=O)N1CCN(Cc2nc(-c3cccs3)no2)CC1. The van der Waals surface area contributed by atoms with Crippen LogP contribution in [0.1, 0.15) is 17.0 Å². The molecule has 1 aliphatic heterocycles. The lowest BCUT2D eigenvalue weighted by Crippen LogP contribution is -2.49. The Kier molecular flexibility index (Phi) is 5.92. The first-order valence-corrected chi connectivity index (χ1v) is 10.5. The van der Waals surface area contributed by atoms with Crippen molar-refractivity contribution in [3.63, 3.8) is 0 Å². The minimum absolute atomic E-state index is 0.0186. The number of hydrogen-bond donors (Lipinski definition) is 0. The number of piperazine rings is 1. The molecule has 3 aromatic rings. The number of nitrogens with zero attached hydrogens (tertiary/aromatic N) is 4. The van der Waals surface area contributed by atoms with Gasteiger partial charge in [0.2, 0.25) is 11.7 Å². The molecule has 152 valence electrons. The molecule has 0 aliphatic carbocycles. The number of carbonyl (C=O) groups is 1. The normalized spacial score (nSPS) is 14.9. The molecule has 0 N–H and O–H groups in total. The largest absolute Gasteiger partial charge is 0.483 e. The van der Waals surface area contributed by atoms with Gasteiger partial charge in [-0.25, -0.2) is 0 Å². The van der Waals surface area contributed by atoms with Crippen LogP contribution in [0.4, 0.5) is 0 Å². The molecular weight excluding hydrogens is 388 g/mol. The molecular formula is C21H24N4O3S. The zero-order valence-corrected chi connectivity index (χ0v) is 17.4. The number of para-hydroxylation sites is 1. The van der Waals surface area contributed by atoms with Crippen LogP contribution >= 0.6 is 11.3 Å². The fraction of sp³-hybridized carbons (Fsp3) is 0.381. The van der Waals surface area contributed by atoms with Gasteiger partial charge in [0.05, 0.1) is 11.4 Å². The maximum Gasteiger partial charge on any atom is 0.260 e. The van der Waals surface area contributed by atoms with E-state index in [2.05, 4.69) is 15.0 Å². The zero-order chi connectivity index (χ0) is 20.2. The Labute approximate surface area is 173 Å². The lowest BCUT2D eigenvalue weighted by atomic mass is 10.1. The van der Waals surface area contributed by atoms with E-state index < -0.39 is 0 Å². The summed E-state index contributed by atoms with van der Waals surface area (Å²) >= 11 is 1.59. The molecule has 8 heteroatoms. The average molecular weight is 413 g/mol. The van der Waals surface area contributed by atoms with Gasteiger partial charge in [-0.3, -0.25) is 9.69 Å². The fourth-order valence-corrected chi connectivity index (χ4v) is 4.07. The van der Waals surface area contributed by atoms with Gasteiger partial charge in [0.25, 0.3) is 5.91 Å². The summed E-state index contributed by atoms with van der Waals surface area (Å²) in [6.45, 7) is 7.53. The number of hydrogen-bond acceptors (Lipinski definition) is 7. The molecule has 3 heterocycles. The van der Waals surface area contributed by atoms with Crippen molar-refractivity contribution in [1.82, 2.24) is 19.9 Å². The summed E-state index contributed by atoms with van der Waals surface area (Å²) in [7, 11) is 0. The number of aryl methyl sites for hydroxylation is 2.